The number of aromatic nitrogens is 2. The normalized spacial score (nSPS) is 19.7. The molecule has 7 nitrogen and oxygen atoms in total. The summed E-state index contributed by atoms with van der Waals surface area (Å²) in [5.74, 6) is 0.700. The number of amides is 1. The van der Waals surface area contributed by atoms with Crippen molar-refractivity contribution < 1.29 is 17.6 Å². The average molecular weight is 410 g/mol. The zero-order chi connectivity index (χ0) is 19.6. The van der Waals surface area contributed by atoms with Crippen LogP contribution in [0.15, 0.2) is 27.8 Å². The minimum Gasteiger partial charge on any atom is -0.416 e. The van der Waals surface area contributed by atoms with E-state index < -0.39 is 15.1 Å². The average Bonchev–Trinajstić information content (AvgIpc) is 3.17. The number of nitrogens with zero attached hydrogens (tertiary/aromatic N) is 2. The monoisotopic (exact) mass is 409 g/mol. The third-order valence-electron chi connectivity index (χ3n) is 4.54. The summed E-state index contributed by atoms with van der Waals surface area (Å²) >= 11 is 1.19. The van der Waals surface area contributed by atoms with Crippen molar-refractivity contribution >= 4 is 33.2 Å². The van der Waals surface area contributed by atoms with Gasteiger partial charge in [0.1, 0.15) is 0 Å². The fourth-order valence-corrected chi connectivity index (χ4v) is 5.52. The molecule has 1 aliphatic heterocycles. The minimum atomic E-state index is -2.92. The summed E-state index contributed by atoms with van der Waals surface area (Å²) in [5.41, 5.74) is 2.87. The molecule has 27 heavy (non-hydrogen) atoms. The summed E-state index contributed by atoms with van der Waals surface area (Å²) in [6, 6.07) is 5.90. The van der Waals surface area contributed by atoms with Gasteiger partial charge in [-0.3, -0.25) is 4.79 Å². The highest BCUT2D eigenvalue weighted by Crippen LogP contribution is 2.27. The third kappa shape index (κ3) is 5.32. The van der Waals surface area contributed by atoms with Gasteiger partial charge in [-0.2, -0.15) is 0 Å². The van der Waals surface area contributed by atoms with Crippen LogP contribution in [0.1, 0.15) is 30.4 Å². The van der Waals surface area contributed by atoms with Gasteiger partial charge >= 0.3 is 0 Å². The molecule has 1 aromatic carbocycles. The maximum atomic E-state index is 12.4. The van der Waals surface area contributed by atoms with Gasteiger partial charge in [-0.25, -0.2) is 8.42 Å². The van der Waals surface area contributed by atoms with Crippen LogP contribution in [0, 0.1) is 19.8 Å². The Kier molecular flexibility index (Phi) is 5.90. The molecule has 3 rings (SSSR count). The molecule has 1 aliphatic rings. The van der Waals surface area contributed by atoms with Crippen molar-refractivity contribution in [1.82, 2.24) is 10.2 Å². The fourth-order valence-electron chi connectivity index (χ4n) is 2.96. The first-order valence-corrected chi connectivity index (χ1v) is 11.5. The number of aryl methyl sites for hydroxylation is 2. The summed E-state index contributed by atoms with van der Waals surface area (Å²) in [4.78, 5) is 12.4. The van der Waals surface area contributed by atoms with Crippen LogP contribution in [0.2, 0.25) is 0 Å². The number of sulfone groups is 1. The van der Waals surface area contributed by atoms with Gasteiger partial charge in [-0.1, -0.05) is 23.9 Å². The molecule has 1 saturated heterocycles. The quantitative estimate of drug-likeness (QED) is 0.732. The van der Waals surface area contributed by atoms with E-state index in [2.05, 4.69) is 15.5 Å². The molecule has 0 bridgehead atoms. The van der Waals surface area contributed by atoms with Crippen molar-refractivity contribution in [2.24, 2.45) is 5.92 Å². The Morgan fingerprint density at radius 1 is 1.37 bits per heavy atom. The lowest BCUT2D eigenvalue weighted by molar-refractivity contribution is -0.115. The summed E-state index contributed by atoms with van der Waals surface area (Å²) in [5, 5.41) is 10.8. The summed E-state index contributed by atoms with van der Waals surface area (Å²) in [6.45, 7) is 5.70. The maximum absolute atomic E-state index is 12.4. The van der Waals surface area contributed by atoms with Crippen LogP contribution in [0.4, 0.5) is 5.69 Å². The minimum absolute atomic E-state index is 0.0262. The molecule has 9 heteroatoms. The number of carbonyl (C=O) groups is 1. The van der Waals surface area contributed by atoms with Crippen molar-refractivity contribution in [2.75, 3.05) is 16.8 Å². The van der Waals surface area contributed by atoms with Crippen LogP contribution >= 0.6 is 11.8 Å². The van der Waals surface area contributed by atoms with E-state index in [0.29, 0.717) is 24.0 Å². The van der Waals surface area contributed by atoms with Gasteiger partial charge < -0.3 is 9.73 Å². The van der Waals surface area contributed by atoms with E-state index in [0.717, 1.165) is 16.8 Å². The third-order valence-corrected chi connectivity index (χ3v) is 7.31. The molecule has 2 atom stereocenters. The molecular weight excluding hydrogens is 386 g/mol. The van der Waals surface area contributed by atoms with Crippen molar-refractivity contribution in [2.45, 2.75) is 44.1 Å². The molecule has 0 saturated carbocycles. The fraction of sp³-hybridized carbons (Fsp3) is 0.500. The highest BCUT2D eigenvalue weighted by atomic mass is 32.2. The van der Waals surface area contributed by atoms with E-state index in [1.54, 1.807) is 6.92 Å². The molecule has 1 N–H and O–H groups in total. The lowest BCUT2D eigenvalue weighted by Gasteiger charge is -2.12. The first-order valence-electron chi connectivity index (χ1n) is 8.79. The number of anilines is 1. The van der Waals surface area contributed by atoms with Gasteiger partial charge in [0.2, 0.25) is 11.8 Å². The van der Waals surface area contributed by atoms with Gasteiger partial charge in [-0.15, -0.1) is 10.2 Å². The SMILES string of the molecule is Cc1ccc(C)c(NC(=O)[C@H](C)Sc2nnc(C[C@@H]3CCS(=O)(=O)C3)o2)c1. The van der Waals surface area contributed by atoms with Crippen molar-refractivity contribution in [3.8, 4) is 0 Å². The van der Waals surface area contributed by atoms with Gasteiger partial charge in [0.15, 0.2) is 9.84 Å². The summed E-state index contributed by atoms with van der Waals surface area (Å²) < 4.78 is 28.7. The zero-order valence-corrected chi connectivity index (χ0v) is 17.2. The molecule has 0 spiro atoms. The molecule has 1 amide bonds. The van der Waals surface area contributed by atoms with Crippen LogP contribution in [-0.4, -0.2) is 41.3 Å². The van der Waals surface area contributed by atoms with Crippen LogP contribution in [0.25, 0.3) is 0 Å². The Balaban J connectivity index is 1.56. The van der Waals surface area contributed by atoms with E-state index in [4.69, 9.17) is 4.42 Å². The van der Waals surface area contributed by atoms with Gasteiger partial charge in [0, 0.05) is 12.1 Å². The topological polar surface area (TPSA) is 102 Å². The molecule has 0 radical (unpaired) electrons. The largest absolute Gasteiger partial charge is 0.416 e. The number of hydrogen-bond acceptors (Lipinski definition) is 7. The molecular formula is C18H23N3O4S2. The number of benzene rings is 1. The van der Waals surface area contributed by atoms with Crippen molar-refractivity contribution in [3.63, 3.8) is 0 Å². The highest BCUT2D eigenvalue weighted by molar-refractivity contribution is 8.00. The predicted octanol–water partition coefficient (Wildman–Crippen LogP) is 2.78. The molecule has 2 heterocycles. The molecule has 146 valence electrons. The molecule has 2 aromatic rings. The summed E-state index contributed by atoms with van der Waals surface area (Å²) in [7, 11) is -2.92. The van der Waals surface area contributed by atoms with Crippen molar-refractivity contribution in [1.29, 1.82) is 0 Å². The maximum Gasteiger partial charge on any atom is 0.277 e. The number of carbonyl (C=O) groups excluding carboxylic acids is 1. The Hall–Kier alpha value is -1.87. The Bertz CT molecular complexity index is 940. The second kappa shape index (κ2) is 8.02. The zero-order valence-electron chi connectivity index (χ0n) is 15.6. The van der Waals surface area contributed by atoms with Gasteiger partial charge in [0.25, 0.3) is 5.22 Å². The number of nitrogens with one attached hydrogen (secondary N) is 1. The number of thioether (sulfide) groups is 1. The molecule has 1 fully saturated rings. The van der Waals surface area contributed by atoms with E-state index in [1.807, 2.05) is 32.0 Å². The van der Waals surface area contributed by atoms with Crippen molar-refractivity contribution in [3.05, 3.63) is 35.2 Å². The number of hydrogen-bond donors (Lipinski definition) is 1. The van der Waals surface area contributed by atoms with Gasteiger partial charge in [0.05, 0.1) is 16.8 Å². The Morgan fingerprint density at radius 3 is 2.85 bits per heavy atom. The Morgan fingerprint density at radius 2 is 2.15 bits per heavy atom. The Labute approximate surface area is 163 Å². The van der Waals surface area contributed by atoms with E-state index in [9.17, 15) is 13.2 Å². The second-order valence-electron chi connectivity index (χ2n) is 7.00. The first-order chi connectivity index (χ1) is 12.7. The standard InChI is InChI=1S/C18H23N3O4S2/c1-11-4-5-12(2)15(8-11)19-17(22)13(3)26-18-21-20-16(25-18)9-14-6-7-27(23,24)10-14/h4-5,8,13-14H,6-7,9-10H2,1-3H3,(H,19,22)/t13-,14-/m0/s1. The lowest BCUT2D eigenvalue weighted by Crippen LogP contribution is -2.22. The first kappa shape index (κ1) is 19.9. The lowest BCUT2D eigenvalue weighted by atomic mass is 10.1. The molecule has 0 aliphatic carbocycles. The van der Waals surface area contributed by atoms with Crippen LogP contribution in [0.5, 0.6) is 0 Å². The summed E-state index contributed by atoms with van der Waals surface area (Å²) in [6.07, 6.45) is 1.08. The smallest absolute Gasteiger partial charge is 0.277 e. The number of rotatable bonds is 6. The highest BCUT2D eigenvalue weighted by Gasteiger charge is 2.29. The van der Waals surface area contributed by atoms with Crippen LogP contribution in [0.3, 0.4) is 0 Å². The second-order valence-corrected chi connectivity index (χ2v) is 10.5. The van der Waals surface area contributed by atoms with Crippen LogP contribution in [-0.2, 0) is 21.1 Å². The predicted molar refractivity (Wildman–Crippen MR) is 105 cm³/mol. The van der Waals surface area contributed by atoms with E-state index >= 15 is 0 Å². The van der Waals surface area contributed by atoms with E-state index in [1.165, 1.54) is 11.8 Å². The van der Waals surface area contributed by atoms with Crippen LogP contribution < -0.4 is 5.32 Å². The van der Waals surface area contributed by atoms with E-state index in [-0.39, 0.29) is 23.3 Å². The molecule has 0 unspecified atom stereocenters. The molecule has 1 aromatic heterocycles. The van der Waals surface area contributed by atoms with Gasteiger partial charge in [-0.05, 0) is 50.3 Å².